The number of hydrogen-bond acceptors (Lipinski definition) is 4. The molecule has 2 N–H and O–H groups in total. The summed E-state index contributed by atoms with van der Waals surface area (Å²) in [6, 6.07) is 1.53. The number of hydrogen-bond donors (Lipinski definition) is 1. The summed E-state index contributed by atoms with van der Waals surface area (Å²) in [5, 5.41) is 4.64. The predicted octanol–water partition coefficient (Wildman–Crippen LogP) is -0.0277. The molecular weight excluding hydrogens is 180 g/mol. The minimum Gasteiger partial charge on any atom is -0.369 e. The third-order valence-electron chi connectivity index (χ3n) is 1.06. The van der Waals surface area contributed by atoms with Crippen molar-refractivity contribution in [3.05, 3.63) is 24.0 Å². The Morgan fingerprint density at radius 2 is 2.17 bits per heavy atom. The normalized spacial score (nSPS) is 11.2. The molecule has 0 aliphatic heterocycles. The van der Waals surface area contributed by atoms with Gasteiger partial charge in [0.25, 0.3) is 0 Å². The fraction of sp³-hybridized carbons (Fsp3) is 0.167. The first-order valence-electron chi connectivity index (χ1n) is 3.11. The highest BCUT2D eigenvalue weighted by Crippen LogP contribution is 2.10. The van der Waals surface area contributed by atoms with Crippen LogP contribution in [0.1, 0.15) is 5.56 Å². The number of nitrogens with zero attached hydrogens (tertiary/aromatic N) is 1. The Balaban J connectivity index is 2.91. The summed E-state index contributed by atoms with van der Waals surface area (Å²) < 4.78 is 25.2. The molecule has 6 heteroatoms. The van der Waals surface area contributed by atoms with Gasteiger partial charge in [-0.1, -0.05) is 0 Å². The van der Waals surface area contributed by atoms with Gasteiger partial charge in [0.1, 0.15) is 0 Å². The monoisotopic (exact) mass is 188 g/mol. The van der Waals surface area contributed by atoms with Crippen molar-refractivity contribution in [3.63, 3.8) is 0 Å². The molecule has 1 aromatic heterocycles. The van der Waals surface area contributed by atoms with E-state index in [4.69, 9.17) is 0 Å². The molecule has 0 radical (unpaired) electrons. The van der Waals surface area contributed by atoms with E-state index in [0.29, 0.717) is 0 Å². The first kappa shape index (κ1) is 8.95. The highest BCUT2D eigenvalue weighted by Gasteiger charge is 2.04. The Hall–Kier alpha value is -1.14. The standard InChI is InChI=1S/C6H8N2O3S/c1-5-2-6(4-8-3-5)11-12(7,9)10/h2-4H,1H3,(H2,7,9,10). The fourth-order valence-corrected chi connectivity index (χ4v) is 1.07. The van der Waals surface area contributed by atoms with E-state index < -0.39 is 10.3 Å². The Kier molecular flexibility index (Phi) is 2.30. The summed E-state index contributed by atoms with van der Waals surface area (Å²) in [6.45, 7) is 1.77. The van der Waals surface area contributed by atoms with Crippen molar-refractivity contribution >= 4 is 10.3 Å². The lowest BCUT2D eigenvalue weighted by molar-refractivity contribution is 0.486. The van der Waals surface area contributed by atoms with Gasteiger partial charge in [0, 0.05) is 6.20 Å². The molecule has 0 saturated carbocycles. The van der Waals surface area contributed by atoms with Crippen LogP contribution >= 0.6 is 0 Å². The third-order valence-corrected chi connectivity index (χ3v) is 1.49. The van der Waals surface area contributed by atoms with Gasteiger partial charge in [-0.2, -0.15) is 13.6 Å². The fourth-order valence-electron chi connectivity index (χ4n) is 0.707. The van der Waals surface area contributed by atoms with E-state index in [0.717, 1.165) is 5.56 Å². The van der Waals surface area contributed by atoms with E-state index in [-0.39, 0.29) is 5.75 Å². The molecule has 0 aliphatic carbocycles. The zero-order valence-electron chi connectivity index (χ0n) is 6.39. The summed E-state index contributed by atoms with van der Waals surface area (Å²) in [5.74, 6) is 0.123. The van der Waals surface area contributed by atoms with Gasteiger partial charge >= 0.3 is 10.3 Å². The van der Waals surface area contributed by atoms with Crippen molar-refractivity contribution < 1.29 is 12.6 Å². The lowest BCUT2D eigenvalue weighted by Crippen LogP contribution is -2.19. The first-order valence-corrected chi connectivity index (χ1v) is 4.58. The minimum atomic E-state index is -3.93. The predicted molar refractivity (Wildman–Crippen MR) is 42.7 cm³/mol. The van der Waals surface area contributed by atoms with Crippen molar-refractivity contribution in [1.82, 2.24) is 4.98 Å². The smallest absolute Gasteiger partial charge is 0.369 e. The van der Waals surface area contributed by atoms with Crippen LogP contribution in [-0.2, 0) is 10.3 Å². The third kappa shape index (κ3) is 2.85. The molecule has 0 saturated heterocycles. The number of aryl methyl sites for hydroxylation is 1. The van der Waals surface area contributed by atoms with Crippen LogP contribution in [0.3, 0.4) is 0 Å². The molecule has 1 rings (SSSR count). The van der Waals surface area contributed by atoms with E-state index in [1.54, 1.807) is 13.1 Å². The summed E-state index contributed by atoms with van der Waals surface area (Å²) in [4.78, 5) is 3.72. The van der Waals surface area contributed by atoms with Crippen molar-refractivity contribution in [2.24, 2.45) is 5.14 Å². The molecule has 1 aromatic rings. The van der Waals surface area contributed by atoms with E-state index in [1.165, 1.54) is 12.3 Å². The van der Waals surface area contributed by atoms with Crippen molar-refractivity contribution in [2.45, 2.75) is 6.92 Å². The second-order valence-electron chi connectivity index (χ2n) is 2.27. The summed E-state index contributed by atoms with van der Waals surface area (Å²) >= 11 is 0. The molecular formula is C6H8N2O3S. The molecule has 0 unspecified atom stereocenters. The van der Waals surface area contributed by atoms with Gasteiger partial charge in [0.2, 0.25) is 0 Å². The minimum absolute atomic E-state index is 0.123. The van der Waals surface area contributed by atoms with Gasteiger partial charge in [-0.15, -0.1) is 0 Å². The van der Waals surface area contributed by atoms with Crippen LogP contribution in [0.4, 0.5) is 0 Å². The van der Waals surface area contributed by atoms with Gasteiger partial charge in [0.15, 0.2) is 5.75 Å². The van der Waals surface area contributed by atoms with E-state index in [2.05, 4.69) is 14.3 Å². The Bertz CT molecular complexity index is 374. The Labute approximate surface area is 70.4 Å². The van der Waals surface area contributed by atoms with Crippen LogP contribution in [0.25, 0.3) is 0 Å². The number of pyridine rings is 1. The largest absolute Gasteiger partial charge is 0.380 e. The van der Waals surface area contributed by atoms with Crippen molar-refractivity contribution in [1.29, 1.82) is 0 Å². The van der Waals surface area contributed by atoms with E-state index in [1.807, 2.05) is 0 Å². The SMILES string of the molecule is Cc1cncc(OS(N)(=O)=O)c1. The highest BCUT2D eigenvalue weighted by molar-refractivity contribution is 7.84. The second-order valence-corrected chi connectivity index (χ2v) is 3.43. The van der Waals surface area contributed by atoms with Crippen molar-refractivity contribution in [2.75, 3.05) is 0 Å². The lowest BCUT2D eigenvalue weighted by atomic mass is 10.3. The van der Waals surface area contributed by atoms with Crippen LogP contribution in [0.5, 0.6) is 5.75 Å². The molecule has 0 amide bonds. The van der Waals surface area contributed by atoms with Gasteiger partial charge in [-0.05, 0) is 18.6 Å². The molecule has 0 bridgehead atoms. The van der Waals surface area contributed by atoms with E-state index in [9.17, 15) is 8.42 Å². The molecule has 5 nitrogen and oxygen atoms in total. The maximum Gasteiger partial charge on any atom is 0.380 e. The molecule has 1 heterocycles. The number of aromatic nitrogens is 1. The average Bonchev–Trinajstić information content (AvgIpc) is 1.82. The first-order chi connectivity index (χ1) is 5.47. The van der Waals surface area contributed by atoms with Gasteiger partial charge < -0.3 is 4.18 Å². The number of nitrogens with two attached hydrogens (primary N) is 1. The maximum absolute atomic E-state index is 10.4. The summed E-state index contributed by atoms with van der Waals surface area (Å²) in [7, 11) is -3.93. The Morgan fingerprint density at radius 3 is 2.67 bits per heavy atom. The van der Waals surface area contributed by atoms with Crippen LogP contribution in [0.15, 0.2) is 18.5 Å². The molecule has 0 fully saturated rings. The van der Waals surface area contributed by atoms with Crippen LogP contribution in [0, 0.1) is 6.92 Å². The zero-order chi connectivity index (χ0) is 9.19. The highest BCUT2D eigenvalue weighted by atomic mass is 32.2. The molecule has 0 atom stereocenters. The molecule has 0 aromatic carbocycles. The molecule has 66 valence electrons. The summed E-state index contributed by atoms with van der Waals surface area (Å²) in [6.07, 6.45) is 2.85. The topological polar surface area (TPSA) is 82.3 Å². The van der Waals surface area contributed by atoms with Gasteiger partial charge in [-0.3, -0.25) is 4.98 Å². The summed E-state index contributed by atoms with van der Waals surface area (Å²) in [5.41, 5.74) is 0.802. The lowest BCUT2D eigenvalue weighted by Gasteiger charge is -2.01. The average molecular weight is 188 g/mol. The molecule has 0 aliphatic rings. The molecule has 12 heavy (non-hydrogen) atoms. The molecule has 0 spiro atoms. The number of rotatable bonds is 2. The Morgan fingerprint density at radius 1 is 1.50 bits per heavy atom. The quantitative estimate of drug-likeness (QED) is 0.706. The van der Waals surface area contributed by atoms with E-state index >= 15 is 0 Å². The van der Waals surface area contributed by atoms with Gasteiger partial charge in [0.05, 0.1) is 6.20 Å². The van der Waals surface area contributed by atoms with Crippen LogP contribution in [-0.4, -0.2) is 13.4 Å². The van der Waals surface area contributed by atoms with Crippen LogP contribution in [0.2, 0.25) is 0 Å². The van der Waals surface area contributed by atoms with Crippen LogP contribution < -0.4 is 9.32 Å². The maximum atomic E-state index is 10.4. The van der Waals surface area contributed by atoms with Crippen molar-refractivity contribution in [3.8, 4) is 5.75 Å². The zero-order valence-corrected chi connectivity index (χ0v) is 7.21. The van der Waals surface area contributed by atoms with Gasteiger partial charge in [-0.25, -0.2) is 0 Å². The second kappa shape index (κ2) is 3.08.